The van der Waals surface area contributed by atoms with E-state index < -0.39 is 41.1 Å². The van der Waals surface area contributed by atoms with Crippen LogP contribution in [0.3, 0.4) is 0 Å². The molecule has 1 aromatic rings. The van der Waals surface area contributed by atoms with Gasteiger partial charge < -0.3 is 36.4 Å². The van der Waals surface area contributed by atoms with Gasteiger partial charge in [-0.3, -0.25) is 19.9 Å². The van der Waals surface area contributed by atoms with E-state index in [0.717, 1.165) is 0 Å². The molecule has 136 valence electrons. The van der Waals surface area contributed by atoms with Gasteiger partial charge in [0, 0.05) is 5.69 Å². The van der Waals surface area contributed by atoms with Gasteiger partial charge in [-0.05, 0) is 12.1 Å². The van der Waals surface area contributed by atoms with Gasteiger partial charge in [-0.1, -0.05) is 6.07 Å². The van der Waals surface area contributed by atoms with Crippen molar-refractivity contribution in [2.75, 3.05) is 5.73 Å². The first-order chi connectivity index (χ1) is 11.4. The molecule has 13 nitrogen and oxygen atoms in total. The molecule has 2 amide bonds. The van der Waals surface area contributed by atoms with Crippen molar-refractivity contribution in [3.8, 4) is 0 Å². The lowest BCUT2D eigenvalue weighted by Gasteiger charge is -2.42. The third-order valence-electron chi connectivity index (χ3n) is 3.96. The van der Waals surface area contributed by atoms with Crippen LogP contribution in [0, 0.1) is 0 Å². The smallest absolute Gasteiger partial charge is 0.306 e. The van der Waals surface area contributed by atoms with Crippen LogP contribution in [-0.2, 0) is 15.5 Å². The van der Waals surface area contributed by atoms with E-state index in [1.807, 2.05) is 0 Å². The van der Waals surface area contributed by atoms with Crippen molar-refractivity contribution < 1.29 is 45.1 Å². The number of nitrogens with zero attached hydrogens (tertiary/aromatic N) is 1. The van der Waals surface area contributed by atoms with Gasteiger partial charge in [-0.25, -0.2) is 4.90 Å². The molecule has 2 aliphatic heterocycles. The van der Waals surface area contributed by atoms with Gasteiger partial charge in [-0.2, -0.15) is 0 Å². The number of aliphatic hydroxyl groups is 6. The molecule has 0 aliphatic carbocycles. The van der Waals surface area contributed by atoms with E-state index in [2.05, 4.69) is 4.84 Å². The van der Waals surface area contributed by atoms with E-state index in [1.54, 1.807) is 11.0 Å². The van der Waals surface area contributed by atoms with Crippen LogP contribution in [0.5, 0.6) is 0 Å². The predicted octanol–water partition coefficient (Wildman–Crippen LogP) is -4.93. The third-order valence-corrected chi connectivity index (χ3v) is 3.96. The van der Waals surface area contributed by atoms with Gasteiger partial charge in [0.2, 0.25) is 6.23 Å². The van der Waals surface area contributed by atoms with E-state index in [-0.39, 0.29) is 16.2 Å². The molecule has 2 aliphatic rings. The van der Waals surface area contributed by atoms with Gasteiger partial charge in [-0.15, -0.1) is 5.59 Å². The maximum absolute atomic E-state index is 12.5. The Bertz CT molecular complexity index is 763. The van der Waals surface area contributed by atoms with Crippen molar-refractivity contribution in [1.82, 2.24) is 15.9 Å². The molecular formula is C12H14N4O9. The van der Waals surface area contributed by atoms with E-state index in [4.69, 9.17) is 5.73 Å². The third kappa shape index (κ3) is 2.13. The van der Waals surface area contributed by atoms with Crippen molar-refractivity contribution in [1.29, 1.82) is 0 Å². The number of hydrogen-bond acceptors (Lipinski definition) is 11. The molecule has 2 heterocycles. The molecule has 1 fully saturated rings. The van der Waals surface area contributed by atoms with E-state index in [9.17, 15) is 40.2 Å². The first kappa shape index (κ1) is 17.5. The van der Waals surface area contributed by atoms with E-state index in [0.29, 0.717) is 0 Å². The van der Waals surface area contributed by atoms with Gasteiger partial charge in [0.15, 0.2) is 0 Å². The fourth-order valence-corrected chi connectivity index (χ4v) is 2.66. The number of nitrogens with one attached hydrogen (secondary N) is 2. The van der Waals surface area contributed by atoms with Gasteiger partial charge >= 0.3 is 11.7 Å². The van der Waals surface area contributed by atoms with Crippen molar-refractivity contribution in [2.45, 2.75) is 23.7 Å². The van der Waals surface area contributed by atoms with Crippen LogP contribution in [0.1, 0.15) is 15.9 Å². The minimum atomic E-state index is -3.89. The molecule has 1 atom stereocenters. The van der Waals surface area contributed by atoms with E-state index in [1.165, 1.54) is 18.2 Å². The summed E-state index contributed by atoms with van der Waals surface area (Å²) in [6.45, 7) is 0. The zero-order chi connectivity index (χ0) is 18.8. The summed E-state index contributed by atoms with van der Waals surface area (Å²) in [5.41, 5.74) is 7.83. The molecule has 0 saturated carbocycles. The monoisotopic (exact) mass is 358 g/mol. The number of carbonyl (C=O) groups is 2. The maximum Gasteiger partial charge on any atom is 0.306 e. The van der Waals surface area contributed by atoms with Crippen molar-refractivity contribution in [3.63, 3.8) is 0 Å². The SMILES string of the molecule is Nc1cccc2c1C(O)(O)N(C1ONNC(=O)C(O)(O)C1(O)O)C2=O. The Hall–Kier alpha value is -2.36. The maximum atomic E-state index is 12.5. The highest BCUT2D eigenvalue weighted by atomic mass is 16.7. The van der Waals surface area contributed by atoms with Crippen LogP contribution in [0.15, 0.2) is 18.2 Å². The number of rotatable bonds is 1. The number of benzene rings is 1. The van der Waals surface area contributed by atoms with Crippen LogP contribution >= 0.6 is 0 Å². The zero-order valence-corrected chi connectivity index (χ0v) is 12.2. The minimum absolute atomic E-state index is 0.0253. The number of hydrogen-bond donors (Lipinski definition) is 9. The summed E-state index contributed by atoms with van der Waals surface area (Å²) in [6.07, 6.45) is -2.57. The van der Waals surface area contributed by atoms with Crippen molar-refractivity contribution in [2.24, 2.45) is 0 Å². The van der Waals surface area contributed by atoms with Crippen molar-refractivity contribution >= 4 is 17.5 Å². The Balaban J connectivity index is 2.15. The lowest BCUT2D eigenvalue weighted by atomic mass is 10.0. The highest BCUT2D eigenvalue weighted by Crippen LogP contribution is 2.43. The second kappa shape index (κ2) is 5.07. The quantitative estimate of drug-likeness (QED) is 0.171. The molecule has 10 N–H and O–H groups in total. The number of nitrogen functional groups attached to an aromatic ring is 1. The fourth-order valence-electron chi connectivity index (χ4n) is 2.66. The lowest BCUT2D eigenvalue weighted by molar-refractivity contribution is -0.410. The first-order valence-electron chi connectivity index (χ1n) is 6.72. The number of anilines is 1. The Labute approximate surface area is 138 Å². The molecule has 25 heavy (non-hydrogen) atoms. The molecule has 1 unspecified atom stereocenters. The number of nitrogens with two attached hydrogens (primary N) is 1. The Morgan fingerprint density at radius 1 is 1.12 bits per heavy atom. The Morgan fingerprint density at radius 2 is 1.76 bits per heavy atom. The number of amides is 2. The second-order valence-corrected chi connectivity index (χ2v) is 5.51. The molecule has 0 spiro atoms. The van der Waals surface area contributed by atoms with E-state index >= 15 is 0 Å². The standard InChI is InChI=1S/C12H14N4O9/c13-5-3-1-2-4-6(5)12(23,24)16(7(4)17)9-11(21,22)10(19,20)8(18)14-15-25-9/h1-3,9,15,19-24H,13H2,(H,14,18). The van der Waals surface area contributed by atoms with Crippen LogP contribution in [0.25, 0.3) is 0 Å². The predicted molar refractivity (Wildman–Crippen MR) is 73.6 cm³/mol. The topological polar surface area (TPSA) is 218 Å². The average molecular weight is 358 g/mol. The first-order valence-corrected chi connectivity index (χ1v) is 6.72. The summed E-state index contributed by atoms with van der Waals surface area (Å²) in [4.78, 5) is 28.6. The van der Waals surface area contributed by atoms with Crippen LogP contribution in [-0.4, -0.2) is 65.2 Å². The Kier molecular flexibility index (Phi) is 3.54. The average Bonchev–Trinajstić information content (AvgIpc) is 2.67. The summed E-state index contributed by atoms with van der Waals surface area (Å²) >= 11 is 0. The second-order valence-electron chi connectivity index (χ2n) is 5.51. The largest absolute Gasteiger partial charge is 0.398 e. The molecule has 0 bridgehead atoms. The highest BCUT2D eigenvalue weighted by Gasteiger charge is 2.67. The summed E-state index contributed by atoms with van der Waals surface area (Å²) in [7, 11) is 0. The summed E-state index contributed by atoms with van der Waals surface area (Å²) < 4.78 is 0. The molecule has 13 heteroatoms. The van der Waals surface area contributed by atoms with Gasteiger partial charge in [0.1, 0.15) is 0 Å². The van der Waals surface area contributed by atoms with Crippen LogP contribution in [0.4, 0.5) is 5.69 Å². The molecule has 0 radical (unpaired) electrons. The highest BCUT2D eigenvalue weighted by molar-refractivity contribution is 6.01. The molecular weight excluding hydrogens is 344 g/mol. The molecule has 0 aromatic heterocycles. The molecule has 1 saturated heterocycles. The molecule has 3 rings (SSSR count). The van der Waals surface area contributed by atoms with Gasteiger partial charge in [0.05, 0.1) is 11.1 Å². The summed E-state index contributed by atoms with van der Waals surface area (Å²) in [5.74, 6) is -13.9. The molecule has 1 aromatic carbocycles. The summed E-state index contributed by atoms with van der Waals surface area (Å²) in [5, 5.41) is 60.2. The minimum Gasteiger partial charge on any atom is -0.398 e. The number of carbonyl (C=O) groups excluding carboxylic acids is 2. The fraction of sp³-hybridized carbons (Fsp3) is 0.333. The Morgan fingerprint density at radius 3 is 2.36 bits per heavy atom. The number of fused-ring (bicyclic) bond motifs is 1. The lowest BCUT2D eigenvalue weighted by Crippen LogP contribution is -2.71. The van der Waals surface area contributed by atoms with Crippen LogP contribution < -0.4 is 16.7 Å². The van der Waals surface area contributed by atoms with Crippen molar-refractivity contribution in [3.05, 3.63) is 29.3 Å². The zero-order valence-electron chi connectivity index (χ0n) is 12.2. The number of hydrazine groups is 1. The summed E-state index contributed by atoms with van der Waals surface area (Å²) in [6, 6.07) is 3.75. The normalized spacial score (nSPS) is 26.8. The van der Waals surface area contributed by atoms with Gasteiger partial charge in [0.25, 0.3) is 17.6 Å². The van der Waals surface area contributed by atoms with Crippen LogP contribution in [0.2, 0.25) is 0 Å².